The molecule has 0 bridgehead atoms. The van der Waals surface area contributed by atoms with Gasteiger partial charge in [-0.15, -0.1) is 0 Å². The molecule has 1 saturated carbocycles. The van der Waals surface area contributed by atoms with E-state index in [1.54, 1.807) is 0 Å². The second-order valence-electron chi connectivity index (χ2n) is 6.19. The van der Waals surface area contributed by atoms with Gasteiger partial charge in [0, 0.05) is 23.2 Å². The Morgan fingerprint density at radius 3 is 2.52 bits per heavy atom. The third-order valence-electron chi connectivity index (χ3n) is 4.65. The van der Waals surface area contributed by atoms with Gasteiger partial charge in [-0.3, -0.25) is 4.90 Å². The van der Waals surface area contributed by atoms with E-state index in [9.17, 15) is 0 Å². The number of rotatable bonds is 5. The maximum Gasteiger partial charge on any atom is 0.199 e. The predicted molar refractivity (Wildman–Crippen MR) is 97.2 cm³/mol. The van der Waals surface area contributed by atoms with E-state index in [0.717, 1.165) is 34.4 Å². The van der Waals surface area contributed by atoms with Crippen LogP contribution in [0.25, 0.3) is 11.4 Å². The van der Waals surface area contributed by atoms with Gasteiger partial charge in [-0.2, -0.15) is 5.10 Å². The van der Waals surface area contributed by atoms with Crippen LogP contribution in [0.5, 0.6) is 0 Å². The van der Waals surface area contributed by atoms with E-state index in [0.29, 0.717) is 6.04 Å². The Morgan fingerprint density at radius 1 is 1.26 bits per heavy atom. The summed E-state index contributed by atoms with van der Waals surface area (Å²) in [5, 5.41) is 5.51. The van der Waals surface area contributed by atoms with Gasteiger partial charge in [0.2, 0.25) is 0 Å². The summed E-state index contributed by atoms with van der Waals surface area (Å²) in [5.41, 5.74) is 1.05. The predicted octanol–water partition coefficient (Wildman–Crippen LogP) is 4.59. The maximum atomic E-state index is 5.99. The number of aromatic nitrogens is 3. The highest BCUT2D eigenvalue weighted by molar-refractivity contribution is 7.71. The number of nitrogens with zero attached hydrogens (tertiary/aromatic N) is 4. The molecule has 0 aliphatic heterocycles. The summed E-state index contributed by atoms with van der Waals surface area (Å²) in [6.07, 6.45) is 5.23. The molecular weight excluding hydrogens is 328 g/mol. The topological polar surface area (TPSA) is 26.0 Å². The summed E-state index contributed by atoms with van der Waals surface area (Å²) < 4.78 is 4.81. The Labute approximate surface area is 147 Å². The Hall–Kier alpha value is -1.17. The molecule has 1 aliphatic rings. The Kier molecular flexibility index (Phi) is 5.19. The highest BCUT2D eigenvalue weighted by Gasteiger charge is 2.21. The first kappa shape index (κ1) is 16.7. The normalized spacial score (nSPS) is 15.7. The van der Waals surface area contributed by atoms with Crippen molar-refractivity contribution in [1.29, 1.82) is 0 Å². The fourth-order valence-electron chi connectivity index (χ4n) is 3.30. The van der Waals surface area contributed by atoms with Crippen LogP contribution in [-0.2, 0) is 13.2 Å². The SMILES string of the molecule is CCn1c(-c2ccc(Cl)cc2)nn(CN(C)C2CCCC2)c1=S. The average molecular weight is 351 g/mol. The third-order valence-corrected chi connectivity index (χ3v) is 5.33. The fourth-order valence-corrected chi connectivity index (χ4v) is 3.74. The van der Waals surface area contributed by atoms with Crippen LogP contribution in [0.3, 0.4) is 0 Å². The molecule has 2 aromatic rings. The van der Waals surface area contributed by atoms with Crippen LogP contribution in [0.4, 0.5) is 0 Å². The van der Waals surface area contributed by atoms with Crippen LogP contribution < -0.4 is 0 Å². The van der Waals surface area contributed by atoms with E-state index in [2.05, 4.69) is 23.4 Å². The van der Waals surface area contributed by atoms with Crippen LogP contribution in [0.2, 0.25) is 5.02 Å². The van der Waals surface area contributed by atoms with Gasteiger partial charge in [-0.05, 0) is 63.3 Å². The van der Waals surface area contributed by atoms with Crippen LogP contribution in [0, 0.1) is 4.77 Å². The number of hydrogen-bond acceptors (Lipinski definition) is 3. The van der Waals surface area contributed by atoms with E-state index >= 15 is 0 Å². The fraction of sp³-hybridized carbons (Fsp3) is 0.529. The molecule has 1 aliphatic carbocycles. The van der Waals surface area contributed by atoms with Crippen molar-refractivity contribution in [3.63, 3.8) is 0 Å². The standard InChI is InChI=1S/C17H23ClN4S/c1-3-21-16(13-8-10-14(18)11-9-13)19-22(17(21)23)12-20(2)15-6-4-5-7-15/h8-11,15H,3-7,12H2,1-2H3. The van der Waals surface area contributed by atoms with Crippen LogP contribution in [0.1, 0.15) is 32.6 Å². The van der Waals surface area contributed by atoms with Crippen molar-refractivity contribution in [3.05, 3.63) is 34.1 Å². The molecule has 0 atom stereocenters. The monoisotopic (exact) mass is 350 g/mol. The average Bonchev–Trinajstić information content (AvgIpc) is 3.17. The van der Waals surface area contributed by atoms with Gasteiger partial charge in [0.25, 0.3) is 0 Å². The molecule has 6 heteroatoms. The molecule has 1 fully saturated rings. The highest BCUT2D eigenvalue weighted by atomic mass is 35.5. The van der Waals surface area contributed by atoms with Crippen molar-refractivity contribution >= 4 is 23.8 Å². The first-order valence-electron chi connectivity index (χ1n) is 8.24. The molecule has 124 valence electrons. The van der Waals surface area contributed by atoms with Crippen molar-refractivity contribution in [1.82, 2.24) is 19.2 Å². The third kappa shape index (κ3) is 3.52. The molecular formula is C17H23ClN4S. The van der Waals surface area contributed by atoms with Crippen molar-refractivity contribution in [2.75, 3.05) is 7.05 Å². The lowest BCUT2D eigenvalue weighted by Gasteiger charge is -2.23. The van der Waals surface area contributed by atoms with E-state index in [1.807, 2.05) is 28.9 Å². The van der Waals surface area contributed by atoms with Crippen LogP contribution in [-0.4, -0.2) is 32.3 Å². The lowest BCUT2D eigenvalue weighted by molar-refractivity contribution is 0.184. The van der Waals surface area contributed by atoms with Gasteiger partial charge in [0.15, 0.2) is 10.6 Å². The van der Waals surface area contributed by atoms with E-state index < -0.39 is 0 Å². The highest BCUT2D eigenvalue weighted by Crippen LogP contribution is 2.24. The van der Waals surface area contributed by atoms with Gasteiger partial charge in [-0.1, -0.05) is 24.4 Å². The molecule has 0 amide bonds. The molecule has 1 heterocycles. The summed E-state index contributed by atoms with van der Waals surface area (Å²) in [6.45, 7) is 3.66. The number of hydrogen-bond donors (Lipinski definition) is 0. The molecule has 0 N–H and O–H groups in total. The first-order chi connectivity index (χ1) is 11.1. The van der Waals surface area contributed by atoms with Gasteiger partial charge in [-0.25, -0.2) is 4.68 Å². The molecule has 0 spiro atoms. The van der Waals surface area contributed by atoms with Gasteiger partial charge in [0.1, 0.15) is 0 Å². The zero-order valence-electron chi connectivity index (χ0n) is 13.7. The Bertz CT molecular complexity index is 713. The van der Waals surface area contributed by atoms with Gasteiger partial charge in [0.05, 0.1) is 6.67 Å². The second-order valence-corrected chi connectivity index (χ2v) is 7.00. The lowest BCUT2D eigenvalue weighted by Crippen LogP contribution is -2.31. The molecule has 0 saturated heterocycles. The van der Waals surface area contributed by atoms with Crippen molar-refractivity contribution in [2.24, 2.45) is 0 Å². The van der Waals surface area contributed by atoms with E-state index in [4.69, 9.17) is 28.9 Å². The molecule has 1 aromatic heterocycles. The zero-order chi connectivity index (χ0) is 16.4. The zero-order valence-corrected chi connectivity index (χ0v) is 15.3. The molecule has 3 rings (SSSR count). The first-order valence-corrected chi connectivity index (χ1v) is 9.02. The summed E-state index contributed by atoms with van der Waals surface area (Å²) in [6, 6.07) is 8.43. The molecule has 4 nitrogen and oxygen atoms in total. The summed E-state index contributed by atoms with van der Waals surface area (Å²) in [5.74, 6) is 0.911. The van der Waals surface area contributed by atoms with Crippen molar-refractivity contribution in [2.45, 2.75) is 51.9 Å². The van der Waals surface area contributed by atoms with Crippen molar-refractivity contribution < 1.29 is 0 Å². The lowest BCUT2D eigenvalue weighted by atomic mass is 10.2. The number of benzene rings is 1. The smallest absolute Gasteiger partial charge is 0.199 e. The number of halogens is 1. The minimum Gasteiger partial charge on any atom is -0.300 e. The Balaban J connectivity index is 1.89. The van der Waals surface area contributed by atoms with Crippen LogP contribution in [0.15, 0.2) is 24.3 Å². The molecule has 23 heavy (non-hydrogen) atoms. The van der Waals surface area contributed by atoms with E-state index in [1.165, 1.54) is 25.7 Å². The largest absolute Gasteiger partial charge is 0.300 e. The van der Waals surface area contributed by atoms with E-state index in [-0.39, 0.29) is 0 Å². The molecule has 0 radical (unpaired) electrons. The minimum absolute atomic E-state index is 0.655. The molecule has 1 aromatic carbocycles. The molecule has 0 unspecified atom stereocenters. The van der Waals surface area contributed by atoms with Gasteiger partial charge < -0.3 is 4.57 Å². The minimum atomic E-state index is 0.655. The van der Waals surface area contributed by atoms with Gasteiger partial charge >= 0.3 is 0 Å². The quantitative estimate of drug-likeness (QED) is 0.738. The van der Waals surface area contributed by atoms with Crippen LogP contribution >= 0.6 is 23.8 Å². The van der Waals surface area contributed by atoms with Crippen molar-refractivity contribution in [3.8, 4) is 11.4 Å². The summed E-state index contributed by atoms with van der Waals surface area (Å²) in [7, 11) is 2.17. The maximum absolute atomic E-state index is 5.99. The summed E-state index contributed by atoms with van der Waals surface area (Å²) >= 11 is 11.6. The second kappa shape index (κ2) is 7.16. The Morgan fingerprint density at radius 2 is 1.91 bits per heavy atom. The summed E-state index contributed by atoms with van der Waals surface area (Å²) in [4.78, 5) is 2.38.